The maximum Gasteiger partial charge on any atom is 0.303 e. The minimum Gasteiger partial charge on any atom is -0.481 e. The van der Waals surface area contributed by atoms with Crippen LogP contribution in [0.1, 0.15) is 25.3 Å². The molecule has 1 aromatic carbocycles. The minimum atomic E-state index is -0.933. The van der Waals surface area contributed by atoms with Gasteiger partial charge < -0.3 is 10.0 Å². The van der Waals surface area contributed by atoms with Gasteiger partial charge in [0.2, 0.25) is 5.91 Å². The normalized spacial score (nSPS) is 18.0. The third kappa shape index (κ3) is 3.29. The van der Waals surface area contributed by atoms with E-state index in [4.69, 9.17) is 5.11 Å². The Kier molecular flexibility index (Phi) is 4.14. The molecule has 1 aliphatic rings. The van der Waals surface area contributed by atoms with E-state index in [0.717, 1.165) is 10.6 Å². The molecule has 4 nitrogen and oxygen atoms in total. The van der Waals surface area contributed by atoms with E-state index in [0.29, 0.717) is 11.8 Å². The van der Waals surface area contributed by atoms with E-state index in [-0.39, 0.29) is 18.7 Å². The molecule has 0 spiro atoms. The molecule has 0 saturated heterocycles. The highest BCUT2D eigenvalue weighted by atomic mass is 32.2. The molecule has 0 radical (unpaired) electrons. The summed E-state index contributed by atoms with van der Waals surface area (Å²) in [7, 11) is 0. The molecule has 0 bridgehead atoms. The first kappa shape index (κ1) is 13.9. The van der Waals surface area contributed by atoms with Crippen LogP contribution in [0.15, 0.2) is 23.1 Å². The van der Waals surface area contributed by atoms with Gasteiger partial charge in [-0.05, 0) is 24.6 Å². The minimum absolute atomic E-state index is 0.0556. The monoisotopic (exact) mass is 279 g/mol. The predicted molar refractivity (Wildman–Crippen MR) is 75.7 cm³/mol. The van der Waals surface area contributed by atoms with Gasteiger partial charge in [-0.15, -0.1) is 11.8 Å². The molecule has 2 rings (SSSR count). The fraction of sp³-hybridized carbons (Fsp3) is 0.429. The number of aliphatic carboxylic acids is 1. The van der Waals surface area contributed by atoms with E-state index < -0.39 is 5.97 Å². The third-order valence-corrected chi connectivity index (χ3v) is 4.16. The van der Waals surface area contributed by atoms with Gasteiger partial charge in [-0.1, -0.05) is 13.0 Å². The van der Waals surface area contributed by atoms with Crippen molar-refractivity contribution in [1.29, 1.82) is 0 Å². The summed E-state index contributed by atoms with van der Waals surface area (Å²) in [5.41, 5.74) is 2.07. The van der Waals surface area contributed by atoms with Gasteiger partial charge in [0.05, 0.1) is 12.1 Å². The van der Waals surface area contributed by atoms with Gasteiger partial charge in [0.15, 0.2) is 0 Å². The molecular formula is C14H17NO3S. The number of carbonyl (C=O) groups excluding carboxylic acids is 1. The van der Waals surface area contributed by atoms with Crippen LogP contribution in [0, 0.1) is 6.92 Å². The third-order valence-electron chi connectivity index (χ3n) is 3.03. The molecule has 1 atom stereocenters. The number of carboxylic acids is 1. The molecule has 0 aliphatic carbocycles. The SMILES string of the molecule is Cc1ccc2c(c1)SC(C)CN2C(=O)CCC(=O)O. The van der Waals surface area contributed by atoms with Crippen molar-refractivity contribution in [2.75, 3.05) is 11.4 Å². The number of anilines is 1. The van der Waals surface area contributed by atoms with Crippen LogP contribution in [-0.2, 0) is 9.59 Å². The first-order valence-electron chi connectivity index (χ1n) is 6.27. The lowest BCUT2D eigenvalue weighted by Crippen LogP contribution is -2.38. The van der Waals surface area contributed by atoms with Gasteiger partial charge in [0.1, 0.15) is 0 Å². The molecule has 0 fully saturated rings. The number of hydrogen-bond acceptors (Lipinski definition) is 3. The highest BCUT2D eigenvalue weighted by Crippen LogP contribution is 2.39. The Bertz CT molecular complexity index is 515. The first-order valence-corrected chi connectivity index (χ1v) is 7.15. The number of amides is 1. The summed E-state index contributed by atoms with van der Waals surface area (Å²) in [5.74, 6) is -1.04. The largest absolute Gasteiger partial charge is 0.481 e. The van der Waals surface area contributed by atoms with Gasteiger partial charge >= 0.3 is 5.97 Å². The van der Waals surface area contributed by atoms with Crippen LogP contribution in [0.5, 0.6) is 0 Å². The Balaban J connectivity index is 2.22. The van der Waals surface area contributed by atoms with Crippen molar-refractivity contribution < 1.29 is 14.7 Å². The molecule has 0 saturated carbocycles. The summed E-state index contributed by atoms with van der Waals surface area (Å²) in [6, 6.07) is 6.00. The zero-order chi connectivity index (χ0) is 14.0. The number of fused-ring (bicyclic) bond motifs is 1. The summed E-state index contributed by atoms with van der Waals surface area (Å²) >= 11 is 1.76. The van der Waals surface area contributed by atoms with Crippen LogP contribution in [0.2, 0.25) is 0 Å². The van der Waals surface area contributed by atoms with Crippen LogP contribution in [-0.4, -0.2) is 28.8 Å². The van der Waals surface area contributed by atoms with Crippen molar-refractivity contribution in [3.8, 4) is 0 Å². The number of rotatable bonds is 3. The zero-order valence-corrected chi connectivity index (χ0v) is 11.9. The van der Waals surface area contributed by atoms with Crippen LogP contribution >= 0.6 is 11.8 Å². The lowest BCUT2D eigenvalue weighted by molar-refractivity contribution is -0.138. The van der Waals surface area contributed by atoms with Crippen molar-refractivity contribution in [1.82, 2.24) is 0 Å². The number of hydrogen-bond donors (Lipinski definition) is 1. The second-order valence-electron chi connectivity index (χ2n) is 4.80. The molecule has 1 aliphatic heterocycles. The Morgan fingerprint density at radius 1 is 1.42 bits per heavy atom. The van der Waals surface area contributed by atoms with E-state index in [9.17, 15) is 9.59 Å². The Labute approximate surface area is 116 Å². The lowest BCUT2D eigenvalue weighted by atomic mass is 10.1. The quantitative estimate of drug-likeness (QED) is 0.924. The van der Waals surface area contributed by atoms with Gasteiger partial charge in [0, 0.05) is 23.1 Å². The molecule has 5 heteroatoms. The van der Waals surface area contributed by atoms with Crippen LogP contribution in [0.3, 0.4) is 0 Å². The molecule has 0 aromatic heterocycles. The van der Waals surface area contributed by atoms with Gasteiger partial charge in [-0.2, -0.15) is 0 Å². The molecule has 1 N–H and O–H groups in total. The summed E-state index contributed by atoms with van der Waals surface area (Å²) in [6.45, 7) is 4.74. The molecule has 1 aromatic rings. The van der Waals surface area contributed by atoms with Gasteiger partial charge in [0.25, 0.3) is 0 Å². The zero-order valence-electron chi connectivity index (χ0n) is 11.0. The molecule has 1 heterocycles. The van der Waals surface area contributed by atoms with Crippen molar-refractivity contribution >= 4 is 29.3 Å². The smallest absolute Gasteiger partial charge is 0.303 e. The van der Waals surface area contributed by atoms with Crippen molar-refractivity contribution in [2.24, 2.45) is 0 Å². The molecular weight excluding hydrogens is 262 g/mol. The fourth-order valence-corrected chi connectivity index (χ4v) is 3.34. The number of aryl methyl sites for hydroxylation is 1. The summed E-state index contributed by atoms with van der Waals surface area (Å²) < 4.78 is 0. The number of thioether (sulfide) groups is 1. The summed E-state index contributed by atoms with van der Waals surface area (Å²) in [4.78, 5) is 25.5. The van der Waals surface area contributed by atoms with Gasteiger partial charge in [-0.25, -0.2) is 0 Å². The Morgan fingerprint density at radius 2 is 2.16 bits per heavy atom. The lowest BCUT2D eigenvalue weighted by Gasteiger charge is -2.33. The topological polar surface area (TPSA) is 57.6 Å². The van der Waals surface area contributed by atoms with Crippen molar-refractivity contribution in [3.63, 3.8) is 0 Å². The number of carbonyl (C=O) groups is 2. The fourth-order valence-electron chi connectivity index (χ4n) is 2.13. The Hall–Kier alpha value is -1.49. The van der Waals surface area contributed by atoms with E-state index in [1.54, 1.807) is 16.7 Å². The highest BCUT2D eigenvalue weighted by Gasteiger charge is 2.26. The van der Waals surface area contributed by atoms with E-state index in [1.165, 1.54) is 5.56 Å². The number of benzene rings is 1. The molecule has 19 heavy (non-hydrogen) atoms. The van der Waals surface area contributed by atoms with Crippen LogP contribution in [0.4, 0.5) is 5.69 Å². The standard InChI is InChI=1S/C14H17NO3S/c1-9-3-4-11-12(7-9)19-10(2)8-15(11)13(16)5-6-14(17)18/h3-4,7,10H,5-6,8H2,1-2H3,(H,17,18). The van der Waals surface area contributed by atoms with Crippen LogP contribution in [0.25, 0.3) is 0 Å². The average Bonchev–Trinajstić information content (AvgIpc) is 2.34. The van der Waals surface area contributed by atoms with Crippen molar-refractivity contribution in [3.05, 3.63) is 23.8 Å². The highest BCUT2D eigenvalue weighted by molar-refractivity contribution is 8.00. The van der Waals surface area contributed by atoms with E-state index in [1.807, 2.05) is 19.1 Å². The summed E-state index contributed by atoms with van der Waals surface area (Å²) in [6.07, 6.45) is -0.0575. The molecule has 1 amide bonds. The maximum absolute atomic E-state index is 12.1. The second-order valence-corrected chi connectivity index (χ2v) is 6.28. The molecule has 1 unspecified atom stereocenters. The number of nitrogens with zero attached hydrogens (tertiary/aromatic N) is 1. The Morgan fingerprint density at radius 3 is 2.84 bits per heavy atom. The predicted octanol–water partition coefficient (Wildman–Crippen LogP) is 2.69. The average molecular weight is 279 g/mol. The van der Waals surface area contributed by atoms with E-state index in [2.05, 4.69) is 13.0 Å². The summed E-state index contributed by atoms with van der Waals surface area (Å²) in [5, 5.41) is 8.99. The second kappa shape index (κ2) is 5.65. The maximum atomic E-state index is 12.1. The number of carboxylic acid groups (broad SMARTS) is 1. The van der Waals surface area contributed by atoms with Crippen LogP contribution < -0.4 is 4.90 Å². The van der Waals surface area contributed by atoms with Gasteiger partial charge in [-0.3, -0.25) is 9.59 Å². The first-order chi connectivity index (χ1) is 8.97. The van der Waals surface area contributed by atoms with E-state index >= 15 is 0 Å². The van der Waals surface area contributed by atoms with Crippen molar-refractivity contribution in [2.45, 2.75) is 36.8 Å². The molecule has 102 valence electrons.